The van der Waals surface area contributed by atoms with Crippen molar-refractivity contribution in [2.75, 3.05) is 5.01 Å². The van der Waals surface area contributed by atoms with Crippen molar-refractivity contribution < 1.29 is 4.79 Å². The molecule has 3 nitrogen and oxygen atoms in total. The van der Waals surface area contributed by atoms with Gasteiger partial charge in [0.1, 0.15) is 0 Å². The van der Waals surface area contributed by atoms with E-state index in [1.807, 2.05) is 31.0 Å². The Morgan fingerprint density at radius 1 is 1.37 bits per heavy atom. The minimum atomic E-state index is -0.388. The summed E-state index contributed by atoms with van der Waals surface area (Å²) in [5, 5.41) is 1.91. The van der Waals surface area contributed by atoms with E-state index in [4.69, 9.17) is 0 Å². The second-order valence-electron chi connectivity index (χ2n) is 5.59. The summed E-state index contributed by atoms with van der Waals surface area (Å²) in [4.78, 5) is 11.8. The number of carbonyl (C=O) groups is 1. The summed E-state index contributed by atoms with van der Waals surface area (Å²) in [6.45, 7) is 10.1. The van der Waals surface area contributed by atoms with Crippen molar-refractivity contribution in [2.45, 2.75) is 45.6 Å². The number of hydrogen-bond acceptors (Lipinski definition) is 2. The first-order chi connectivity index (χ1) is 8.96. The predicted octanol–water partition coefficient (Wildman–Crippen LogP) is 3.22. The van der Waals surface area contributed by atoms with Crippen LogP contribution in [0.25, 0.3) is 0 Å². The molecule has 1 heterocycles. The van der Waals surface area contributed by atoms with Crippen LogP contribution in [0.3, 0.4) is 0 Å². The lowest BCUT2D eigenvalue weighted by atomic mass is 9.95. The van der Waals surface area contributed by atoms with Crippen LogP contribution in [0.4, 0.5) is 5.69 Å². The molecule has 1 aliphatic heterocycles. The molecule has 1 N–H and O–H groups in total. The monoisotopic (exact) mass is 258 g/mol. The number of anilines is 1. The molecule has 1 aromatic carbocycles. The number of unbranched alkanes of at least 4 members (excludes halogenated alkanes) is 1. The highest BCUT2D eigenvalue weighted by atomic mass is 16.2. The van der Waals surface area contributed by atoms with Crippen molar-refractivity contribution in [2.24, 2.45) is 0 Å². The smallest absolute Gasteiger partial charge is 0.267 e. The number of rotatable bonds is 4. The molecule has 0 spiro atoms. The quantitative estimate of drug-likeness (QED) is 0.841. The molecule has 0 bridgehead atoms. The molecule has 0 aliphatic carbocycles. The Morgan fingerprint density at radius 2 is 2.11 bits per heavy atom. The van der Waals surface area contributed by atoms with Crippen LogP contribution in [0.1, 0.15) is 39.2 Å². The molecule has 2 rings (SSSR count). The fraction of sp³-hybridized carbons (Fsp3) is 0.438. The minimum absolute atomic E-state index is 0.0936. The third kappa shape index (κ3) is 2.50. The predicted molar refractivity (Wildman–Crippen MR) is 78.9 cm³/mol. The summed E-state index contributed by atoms with van der Waals surface area (Å²) in [5.41, 5.74) is 5.43. The van der Waals surface area contributed by atoms with Crippen LogP contribution in [-0.2, 0) is 11.2 Å². The van der Waals surface area contributed by atoms with E-state index in [-0.39, 0.29) is 11.4 Å². The van der Waals surface area contributed by atoms with E-state index in [1.54, 1.807) is 0 Å². The van der Waals surface area contributed by atoms with E-state index >= 15 is 0 Å². The van der Waals surface area contributed by atoms with E-state index in [1.165, 1.54) is 18.4 Å². The first-order valence-corrected chi connectivity index (χ1v) is 6.86. The van der Waals surface area contributed by atoms with Crippen LogP contribution >= 0.6 is 0 Å². The summed E-state index contributed by atoms with van der Waals surface area (Å²) in [5.74, 6) is -0.0936. The number of carbonyl (C=O) groups excluding carboxylic acids is 1. The van der Waals surface area contributed by atoms with Crippen molar-refractivity contribution >= 4 is 11.6 Å². The normalized spacial score (nSPS) is 17.7. The van der Waals surface area contributed by atoms with Gasteiger partial charge < -0.3 is 0 Å². The van der Waals surface area contributed by atoms with Crippen LogP contribution in [-0.4, -0.2) is 11.4 Å². The number of benzene rings is 1. The summed E-state index contributed by atoms with van der Waals surface area (Å²) >= 11 is 0. The SMILES string of the molecule is C=C1C(=O)NN(c2cccc(CCCC)c2)C1(C)C. The van der Waals surface area contributed by atoms with Crippen LogP contribution in [0.2, 0.25) is 0 Å². The van der Waals surface area contributed by atoms with Crippen molar-refractivity contribution in [1.82, 2.24) is 5.43 Å². The average Bonchev–Trinajstić information content (AvgIpc) is 2.60. The van der Waals surface area contributed by atoms with E-state index in [9.17, 15) is 4.79 Å². The van der Waals surface area contributed by atoms with Gasteiger partial charge in [0, 0.05) is 5.57 Å². The Morgan fingerprint density at radius 3 is 2.68 bits per heavy atom. The zero-order valence-electron chi connectivity index (χ0n) is 12.0. The molecular formula is C16H22N2O. The van der Waals surface area contributed by atoms with E-state index in [2.05, 4.69) is 31.1 Å². The van der Waals surface area contributed by atoms with Gasteiger partial charge >= 0.3 is 0 Å². The Hall–Kier alpha value is -1.77. The number of nitrogens with zero attached hydrogens (tertiary/aromatic N) is 1. The van der Waals surface area contributed by atoms with Gasteiger partial charge in [-0.3, -0.25) is 15.2 Å². The van der Waals surface area contributed by atoms with Crippen molar-refractivity contribution in [3.63, 3.8) is 0 Å². The van der Waals surface area contributed by atoms with Gasteiger partial charge in [-0.1, -0.05) is 32.1 Å². The fourth-order valence-corrected chi connectivity index (χ4v) is 2.34. The third-order valence-corrected chi connectivity index (χ3v) is 3.77. The maximum absolute atomic E-state index is 11.8. The minimum Gasteiger partial charge on any atom is -0.275 e. The third-order valence-electron chi connectivity index (χ3n) is 3.77. The number of aryl methyl sites for hydroxylation is 1. The zero-order chi connectivity index (χ0) is 14.0. The summed E-state index contributed by atoms with van der Waals surface area (Å²) in [6, 6.07) is 8.36. The molecule has 0 unspecified atom stereocenters. The molecular weight excluding hydrogens is 236 g/mol. The van der Waals surface area contributed by atoms with Crippen LogP contribution in [0.5, 0.6) is 0 Å². The molecule has 0 atom stereocenters. The molecule has 3 heteroatoms. The van der Waals surface area contributed by atoms with Gasteiger partial charge in [-0.25, -0.2) is 0 Å². The van der Waals surface area contributed by atoms with Gasteiger partial charge in [-0.05, 0) is 44.4 Å². The van der Waals surface area contributed by atoms with Gasteiger partial charge in [-0.15, -0.1) is 0 Å². The van der Waals surface area contributed by atoms with Crippen LogP contribution in [0, 0.1) is 0 Å². The Labute approximate surface area is 115 Å². The molecule has 1 aromatic rings. The highest BCUT2D eigenvalue weighted by Gasteiger charge is 2.41. The molecule has 1 fully saturated rings. The van der Waals surface area contributed by atoms with Gasteiger partial charge in [0.25, 0.3) is 5.91 Å². The van der Waals surface area contributed by atoms with Crippen LogP contribution < -0.4 is 10.4 Å². The Kier molecular flexibility index (Phi) is 3.65. The maximum atomic E-state index is 11.8. The molecule has 0 radical (unpaired) electrons. The highest BCUT2D eigenvalue weighted by Crippen LogP contribution is 2.32. The molecule has 1 saturated heterocycles. The van der Waals surface area contributed by atoms with E-state index in [0.29, 0.717) is 5.57 Å². The first kappa shape index (κ1) is 13.7. The lowest BCUT2D eigenvalue weighted by Crippen LogP contribution is -2.44. The second kappa shape index (κ2) is 5.08. The van der Waals surface area contributed by atoms with Crippen LogP contribution in [0.15, 0.2) is 36.4 Å². The first-order valence-electron chi connectivity index (χ1n) is 6.86. The second-order valence-corrected chi connectivity index (χ2v) is 5.59. The summed E-state index contributed by atoms with van der Waals surface area (Å²) in [7, 11) is 0. The Bertz CT molecular complexity index is 505. The average molecular weight is 258 g/mol. The fourth-order valence-electron chi connectivity index (χ4n) is 2.34. The number of hydrogen-bond donors (Lipinski definition) is 1. The van der Waals surface area contributed by atoms with E-state index in [0.717, 1.165) is 12.1 Å². The van der Waals surface area contributed by atoms with Gasteiger partial charge in [-0.2, -0.15) is 0 Å². The highest BCUT2D eigenvalue weighted by molar-refractivity contribution is 6.00. The number of amides is 1. The molecule has 1 amide bonds. The van der Waals surface area contributed by atoms with Crippen molar-refractivity contribution in [3.05, 3.63) is 42.0 Å². The largest absolute Gasteiger partial charge is 0.275 e. The lowest BCUT2D eigenvalue weighted by molar-refractivity contribution is -0.116. The molecule has 0 aromatic heterocycles. The molecule has 19 heavy (non-hydrogen) atoms. The summed E-state index contributed by atoms with van der Waals surface area (Å²) in [6.07, 6.45) is 3.45. The van der Waals surface area contributed by atoms with E-state index < -0.39 is 0 Å². The van der Waals surface area contributed by atoms with Crippen molar-refractivity contribution in [1.29, 1.82) is 0 Å². The number of nitrogens with one attached hydrogen (secondary N) is 1. The molecule has 1 aliphatic rings. The van der Waals surface area contributed by atoms with Crippen molar-refractivity contribution in [3.8, 4) is 0 Å². The topological polar surface area (TPSA) is 32.3 Å². The van der Waals surface area contributed by atoms with Gasteiger partial charge in [0.2, 0.25) is 0 Å². The maximum Gasteiger partial charge on any atom is 0.267 e. The van der Waals surface area contributed by atoms with Gasteiger partial charge in [0.05, 0.1) is 11.2 Å². The zero-order valence-corrected chi connectivity index (χ0v) is 12.0. The standard InChI is InChI=1S/C16H22N2O/c1-5-6-8-13-9-7-10-14(11-13)18-16(3,4)12(2)15(19)17-18/h7,9-11H,2,5-6,8H2,1,3-4H3,(H,17,19). The molecule has 0 saturated carbocycles. The summed E-state index contributed by atoms with van der Waals surface area (Å²) < 4.78 is 0. The molecule has 102 valence electrons. The Balaban J connectivity index is 2.27. The lowest BCUT2D eigenvalue weighted by Gasteiger charge is -2.32. The number of hydrazine groups is 1. The van der Waals surface area contributed by atoms with Gasteiger partial charge in [0.15, 0.2) is 0 Å².